The molecule has 0 unspecified atom stereocenters. The minimum atomic E-state index is -0.108. The monoisotopic (exact) mass is 649 g/mol. The van der Waals surface area contributed by atoms with Crippen molar-refractivity contribution in [2.24, 2.45) is 10.9 Å². The van der Waals surface area contributed by atoms with Crippen LogP contribution in [0.1, 0.15) is 77.0 Å². The van der Waals surface area contributed by atoms with Crippen molar-refractivity contribution >= 4 is 27.8 Å². The Morgan fingerprint density at radius 3 is 2.31 bits per heavy atom. The van der Waals surface area contributed by atoms with Gasteiger partial charge in [-0.25, -0.2) is 9.98 Å². The summed E-state index contributed by atoms with van der Waals surface area (Å²) in [5.41, 5.74) is 8.51. The zero-order valence-corrected chi connectivity index (χ0v) is 29.7. The molecule has 250 valence electrons. The van der Waals surface area contributed by atoms with Crippen molar-refractivity contribution in [3.8, 4) is 28.3 Å². The molecule has 0 spiro atoms. The lowest BCUT2D eigenvalue weighted by molar-refractivity contribution is 0.261. The Morgan fingerprint density at radius 1 is 0.796 bits per heavy atom. The summed E-state index contributed by atoms with van der Waals surface area (Å²) in [6.07, 6.45) is 6.54. The lowest BCUT2D eigenvalue weighted by Crippen LogP contribution is -2.19. The zero-order valence-electron chi connectivity index (χ0n) is 29.7. The Hall–Kier alpha value is -4.90. The molecule has 0 aliphatic carbocycles. The number of aliphatic imine (C=N–C) groups is 1. The number of benzene rings is 4. The van der Waals surface area contributed by atoms with Crippen LogP contribution < -0.4 is 4.74 Å². The minimum absolute atomic E-state index is 0.108. The molecule has 0 radical (unpaired) electrons. The zero-order chi connectivity index (χ0) is 34.1. The molecule has 6 aromatic rings. The first-order chi connectivity index (χ1) is 23.7. The van der Waals surface area contributed by atoms with E-state index in [4.69, 9.17) is 19.5 Å². The fourth-order valence-corrected chi connectivity index (χ4v) is 7.20. The summed E-state index contributed by atoms with van der Waals surface area (Å²) in [7, 11) is 0. The molecule has 0 saturated carbocycles. The SMILES string of the molecule is CCCC(CCC)[C@@H]1COC(c2cc(Oc3cc(-n4c5ccc(C)cc5c5cccnc54)cc(C(C)(C)C)c3)cc(-c3ccccc3)c2)=N1. The van der Waals surface area contributed by atoms with E-state index in [1.54, 1.807) is 0 Å². The molecular weight excluding hydrogens is 603 g/mol. The minimum Gasteiger partial charge on any atom is -0.475 e. The average Bonchev–Trinajstić information content (AvgIpc) is 3.72. The van der Waals surface area contributed by atoms with E-state index in [2.05, 4.69) is 131 Å². The Morgan fingerprint density at radius 2 is 1.55 bits per heavy atom. The number of ether oxygens (including phenoxy) is 2. The van der Waals surface area contributed by atoms with Crippen molar-refractivity contribution < 1.29 is 9.47 Å². The number of aryl methyl sites for hydroxylation is 1. The number of fused-ring (bicyclic) bond motifs is 3. The molecule has 4 aromatic carbocycles. The van der Waals surface area contributed by atoms with Crippen LogP contribution in [-0.2, 0) is 10.2 Å². The molecule has 1 atom stereocenters. The van der Waals surface area contributed by atoms with Gasteiger partial charge >= 0.3 is 0 Å². The second-order valence-electron chi connectivity index (χ2n) is 14.6. The van der Waals surface area contributed by atoms with Gasteiger partial charge in [-0.3, -0.25) is 4.57 Å². The highest BCUT2D eigenvalue weighted by Gasteiger charge is 2.28. The first-order valence-corrected chi connectivity index (χ1v) is 17.8. The Labute approximate surface area is 290 Å². The summed E-state index contributed by atoms with van der Waals surface area (Å²) in [5.74, 6) is 2.77. The van der Waals surface area contributed by atoms with Crippen LogP contribution in [0.15, 0.2) is 108 Å². The van der Waals surface area contributed by atoms with Gasteiger partial charge in [-0.15, -0.1) is 0 Å². The summed E-state index contributed by atoms with van der Waals surface area (Å²) < 4.78 is 15.5. The summed E-state index contributed by atoms with van der Waals surface area (Å²) in [6, 6.07) is 34.4. The molecule has 3 heterocycles. The molecule has 0 N–H and O–H groups in total. The first kappa shape index (κ1) is 32.6. The molecule has 0 bridgehead atoms. The number of aromatic nitrogens is 2. The van der Waals surface area contributed by atoms with Crippen molar-refractivity contribution in [2.75, 3.05) is 6.61 Å². The number of hydrogen-bond donors (Lipinski definition) is 0. The Kier molecular flexibility index (Phi) is 9.02. The second-order valence-corrected chi connectivity index (χ2v) is 14.6. The van der Waals surface area contributed by atoms with E-state index in [-0.39, 0.29) is 11.5 Å². The summed E-state index contributed by atoms with van der Waals surface area (Å²) in [5, 5.41) is 2.34. The number of rotatable bonds is 10. The lowest BCUT2D eigenvalue weighted by Gasteiger charge is -2.22. The average molecular weight is 650 g/mol. The molecular formula is C44H47N3O2. The topological polar surface area (TPSA) is 48.6 Å². The molecule has 5 nitrogen and oxygen atoms in total. The Bertz CT molecular complexity index is 2130. The van der Waals surface area contributed by atoms with Gasteiger partial charge in [0.1, 0.15) is 23.8 Å². The molecule has 1 aliphatic rings. The van der Waals surface area contributed by atoms with Crippen LogP contribution in [0.5, 0.6) is 11.5 Å². The van der Waals surface area contributed by atoms with Gasteiger partial charge in [0.2, 0.25) is 5.90 Å². The molecule has 5 heteroatoms. The molecule has 2 aromatic heterocycles. The third-order valence-electron chi connectivity index (χ3n) is 9.73. The van der Waals surface area contributed by atoms with Gasteiger partial charge in [-0.2, -0.15) is 0 Å². The maximum atomic E-state index is 6.87. The summed E-state index contributed by atoms with van der Waals surface area (Å²) >= 11 is 0. The first-order valence-electron chi connectivity index (χ1n) is 17.8. The van der Waals surface area contributed by atoms with Gasteiger partial charge in [0, 0.05) is 28.6 Å². The summed E-state index contributed by atoms with van der Waals surface area (Å²) in [4.78, 5) is 10.0. The second kappa shape index (κ2) is 13.5. The number of nitrogens with zero attached hydrogens (tertiary/aromatic N) is 3. The third kappa shape index (κ3) is 6.72. The van der Waals surface area contributed by atoms with E-state index in [9.17, 15) is 0 Å². The van der Waals surface area contributed by atoms with Gasteiger partial charge in [-0.05, 0) is 102 Å². The van der Waals surface area contributed by atoms with Crippen LogP contribution in [0.25, 0.3) is 38.8 Å². The van der Waals surface area contributed by atoms with Gasteiger partial charge in [-0.1, -0.05) is 89.4 Å². The van der Waals surface area contributed by atoms with Crippen molar-refractivity contribution in [2.45, 2.75) is 78.7 Å². The van der Waals surface area contributed by atoms with Crippen LogP contribution in [0, 0.1) is 12.8 Å². The van der Waals surface area contributed by atoms with Crippen molar-refractivity contribution in [1.29, 1.82) is 0 Å². The molecule has 0 fully saturated rings. The maximum absolute atomic E-state index is 6.87. The van der Waals surface area contributed by atoms with Crippen LogP contribution in [-0.4, -0.2) is 28.1 Å². The van der Waals surface area contributed by atoms with E-state index in [1.807, 2.05) is 18.3 Å². The van der Waals surface area contributed by atoms with Crippen molar-refractivity contribution in [1.82, 2.24) is 9.55 Å². The fourth-order valence-electron chi connectivity index (χ4n) is 7.20. The molecule has 0 amide bonds. The molecule has 49 heavy (non-hydrogen) atoms. The molecule has 0 saturated heterocycles. The predicted molar refractivity (Wildman–Crippen MR) is 204 cm³/mol. The van der Waals surface area contributed by atoms with E-state index in [0.29, 0.717) is 18.4 Å². The maximum Gasteiger partial charge on any atom is 0.216 e. The van der Waals surface area contributed by atoms with Gasteiger partial charge in [0.05, 0.1) is 17.2 Å². The highest BCUT2D eigenvalue weighted by Crippen LogP contribution is 2.38. The van der Waals surface area contributed by atoms with Crippen molar-refractivity contribution in [3.63, 3.8) is 0 Å². The number of hydrogen-bond acceptors (Lipinski definition) is 4. The van der Waals surface area contributed by atoms with E-state index in [1.165, 1.54) is 29.4 Å². The smallest absolute Gasteiger partial charge is 0.216 e. The molecule has 7 rings (SSSR count). The fraction of sp³-hybridized carbons (Fsp3) is 0.318. The standard InChI is InChI=1S/C44H47N3O2/c1-7-13-31(14-8-2)40-28-48-43(46-40)33-22-32(30-15-10-9-11-16-30)23-36(24-33)49-37-26-34(44(4,5)6)25-35(27-37)47-41-19-18-29(3)21-39(41)38-17-12-20-45-42(38)47/h9-12,15-27,31,40H,7-8,13-14,28H2,1-6H3/t40-/m0/s1. The lowest BCUT2D eigenvalue weighted by atomic mass is 9.86. The largest absolute Gasteiger partial charge is 0.475 e. The quantitative estimate of drug-likeness (QED) is 0.148. The van der Waals surface area contributed by atoms with E-state index >= 15 is 0 Å². The van der Waals surface area contributed by atoms with Gasteiger partial charge < -0.3 is 9.47 Å². The van der Waals surface area contributed by atoms with E-state index < -0.39 is 0 Å². The van der Waals surface area contributed by atoms with E-state index in [0.717, 1.165) is 63.3 Å². The van der Waals surface area contributed by atoms with Crippen molar-refractivity contribution in [3.05, 3.63) is 120 Å². The van der Waals surface area contributed by atoms with Gasteiger partial charge in [0.15, 0.2) is 0 Å². The van der Waals surface area contributed by atoms with Crippen LogP contribution in [0.3, 0.4) is 0 Å². The molecule has 1 aliphatic heterocycles. The van der Waals surface area contributed by atoms with Gasteiger partial charge in [0.25, 0.3) is 0 Å². The van der Waals surface area contributed by atoms with Crippen LogP contribution in [0.4, 0.5) is 0 Å². The predicted octanol–water partition coefficient (Wildman–Crippen LogP) is 11.6. The number of pyridine rings is 1. The summed E-state index contributed by atoms with van der Waals surface area (Å²) in [6.45, 7) is 14.0. The highest BCUT2D eigenvalue weighted by atomic mass is 16.5. The normalized spacial score (nSPS) is 14.8. The highest BCUT2D eigenvalue weighted by molar-refractivity contribution is 6.08. The van der Waals surface area contributed by atoms with Crippen LogP contribution >= 0.6 is 0 Å². The Balaban J connectivity index is 1.34. The van der Waals surface area contributed by atoms with Crippen LogP contribution in [0.2, 0.25) is 0 Å². The third-order valence-corrected chi connectivity index (χ3v) is 9.73.